The van der Waals surface area contributed by atoms with Crippen molar-refractivity contribution in [2.45, 2.75) is 217 Å². The Bertz CT molecular complexity index is 2390. The minimum Gasteiger partial charge on any atom is -0.479 e. The Morgan fingerprint density at radius 3 is 1.29 bits per heavy atom. The molecule has 498 valence electrons. The molecule has 0 heterocycles. The SMILES string of the molecule is C/C=C/C[C@@H](C)C(=O)C(C(=O)O)N(C)C(=O)[C@H](C(C)C)N(C)C(=O)[C@H](CC(C)C)N(C)C(=O)[C@H](CC(C)C)N(C)C(=O)[C@@H](C)NC(=O)[C@H](C)NC(=O)[C@H](CC(C)C)N(C)C(=O)[C@@H](NC(=O)[C@H](CC(C)C)N(C)C(=O)CN(C)[14C](=O)[C@@H](N)C(C)C)C(C)C. The van der Waals surface area contributed by atoms with Crippen molar-refractivity contribution in [3.05, 3.63) is 12.2 Å². The maximum atomic E-state index is 14.8. The number of hydrogen-bond acceptors (Lipinski definition) is 13. The molecule has 0 aromatic carbocycles. The van der Waals surface area contributed by atoms with E-state index in [0.717, 1.165) is 4.90 Å². The van der Waals surface area contributed by atoms with Crippen molar-refractivity contribution < 1.29 is 62.6 Å². The first-order chi connectivity index (χ1) is 39.9. The van der Waals surface area contributed by atoms with Crippen LogP contribution >= 0.6 is 0 Å². The summed E-state index contributed by atoms with van der Waals surface area (Å²) in [5, 5.41) is 18.4. The number of Topliss-reactive ketones (excluding diaryl/α,β-unsaturated/α-hetero) is 1. The topological polar surface area (TPSA) is 310 Å². The summed E-state index contributed by atoms with van der Waals surface area (Å²) in [6, 6.07) is -12.0. The summed E-state index contributed by atoms with van der Waals surface area (Å²) < 4.78 is 0. The number of carbonyl (C=O) groups excluding carboxylic acids is 11. The van der Waals surface area contributed by atoms with Crippen LogP contribution in [0.15, 0.2) is 12.2 Å². The van der Waals surface area contributed by atoms with Gasteiger partial charge in [-0.25, -0.2) is 4.79 Å². The van der Waals surface area contributed by atoms with Crippen LogP contribution in [0.5, 0.6) is 0 Å². The molecule has 0 rings (SSSR count). The minimum absolute atomic E-state index is 0.0644. The van der Waals surface area contributed by atoms with Crippen LogP contribution in [0.2, 0.25) is 0 Å². The molecule has 1 unspecified atom stereocenters. The Hall–Kier alpha value is -6.46. The van der Waals surface area contributed by atoms with Crippen LogP contribution in [0.25, 0.3) is 0 Å². The zero-order valence-corrected chi connectivity index (χ0v) is 57.3. The molecule has 0 saturated carbocycles. The molecule has 0 aromatic heterocycles. The van der Waals surface area contributed by atoms with Gasteiger partial charge in [0.15, 0.2) is 11.8 Å². The summed E-state index contributed by atoms with van der Waals surface area (Å²) >= 11 is 0. The van der Waals surface area contributed by atoms with E-state index in [9.17, 15) is 62.6 Å². The van der Waals surface area contributed by atoms with Crippen LogP contribution in [-0.2, 0) is 57.5 Å². The second-order valence-corrected chi connectivity index (χ2v) is 26.5. The number of rotatable bonds is 36. The lowest BCUT2D eigenvalue weighted by atomic mass is 9.93. The second-order valence-electron chi connectivity index (χ2n) is 26.5. The largest absolute Gasteiger partial charge is 0.479 e. The van der Waals surface area contributed by atoms with Crippen LogP contribution in [0.1, 0.15) is 157 Å². The summed E-state index contributed by atoms with van der Waals surface area (Å²) in [6.45, 7) is 31.1. The van der Waals surface area contributed by atoms with Crippen molar-refractivity contribution in [2.24, 2.45) is 53.1 Å². The van der Waals surface area contributed by atoms with Gasteiger partial charge >= 0.3 is 5.97 Å². The lowest BCUT2D eigenvalue weighted by molar-refractivity contribution is -0.160. The lowest BCUT2D eigenvalue weighted by Gasteiger charge is -2.40. The third-order valence-electron chi connectivity index (χ3n) is 15.8. The summed E-state index contributed by atoms with van der Waals surface area (Å²) in [5.74, 6) is -10.9. The van der Waals surface area contributed by atoms with Crippen molar-refractivity contribution in [2.75, 3.05) is 55.9 Å². The molecule has 0 aromatic rings. The number of allylic oxidation sites excluding steroid dienone is 2. The second kappa shape index (κ2) is 36.8. The fourth-order valence-corrected chi connectivity index (χ4v) is 10.2. The molecule has 0 saturated heterocycles. The highest BCUT2D eigenvalue weighted by Crippen LogP contribution is 2.24. The van der Waals surface area contributed by atoms with Crippen LogP contribution in [0.3, 0.4) is 0 Å². The van der Waals surface area contributed by atoms with E-state index in [1.54, 1.807) is 67.5 Å². The molecular weight excluding hydrogens is 1120 g/mol. The Morgan fingerprint density at radius 1 is 0.471 bits per heavy atom. The molecule has 24 nitrogen and oxygen atoms in total. The van der Waals surface area contributed by atoms with Gasteiger partial charge in [-0.3, -0.25) is 52.7 Å². The summed E-state index contributed by atoms with van der Waals surface area (Å²) in [5.41, 5.74) is 6.06. The van der Waals surface area contributed by atoms with Gasteiger partial charge in [-0.1, -0.05) is 116 Å². The fourth-order valence-electron chi connectivity index (χ4n) is 10.2. The summed E-state index contributed by atoms with van der Waals surface area (Å²) in [4.78, 5) is 176. The zero-order valence-electron chi connectivity index (χ0n) is 57.3. The van der Waals surface area contributed by atoms with Crippen molar-refractivity contribution in [3.8, 4) is 0 Å². The molecule has 0 aliphatic carbocycles. The molecule has 10 amide bonds. The van der Waals surface area contributed by atoms with Gasteiger partial charge in [0, 0.05) is 55.3 Å². The van der Waals surface area contributed by atoms with Gasteiger partial charge in [0.05, 0.1) is 12.6 Å². The number of hydrogen-bond donors (Lipinski definition) is 5. The highest BCUT2D eigenvalue weighted by molar-refractivity contribution is 6.07. The van der Waals surface area contributed by atoms with Crippen molar-refractivity contribution in [3.63, 3.8) is 0 Å². The number of ketones is 1. The van der Waals surface area contributed by atoms with E-state index >= 15 is 0 Å². The molecule has 24 heteroatoms. The molecule has 87 heavy (non-hydrogen) atoms. The van der Waals surface area contributed by atoms with Gasteiger partial charge in [-0.15, -0.1) is 0 Å². The van der Waals surface area contributed by atoms with Gasteiger partial charge in [0.25, 0.3) is 0 Å². The van der Waals surface area contributed by atoms with Gasteiger partial charge in [-0.05, 0) is 94.3 Å². The van der Waals surface area contributed by atoms with Gasteiger partial charge in [0.2, 0.25) is 59.1 Å². The molecular formula is C63H113N11O13. The van der Waals surface area contributed by atoms with E-state index in [2.05, 4.69) is 16.0 Å². The van der Waals surface area contributed by atoms with Crippen LogP contribution in [0.4, 0.5) is 0 Å². The number of nitrogens with one attached hydrogen (secondary N) is 3. The number of carboxylic acid groups (broad SMARTS) is 1. The van der Waals surface area contributed by atoms with Crippen LogP contribution < -0.4 is 21.7 Å². The molecule has 0 aliphatic heterocycles. The van der Waals surface area contributed by atoms with Gasteiger partial charge < -0.3 is 61.1 Å². The molecule has 0 spiro atoms. The predicted octanol–water partition coefficient (Wildman–Crippen LogP) is 3.64. The van der Waals surface area contributed by atoms with Gasteiger partial charge in [0.1, 0.15) is 48.3 Å². The van der Waals surface area contributed by atoms with Crippen molar-refractivity contribution in [1.29, 1.82) is 0 Å². The smallest absolute Gasteiger partial charge is 0.334 e. The third kappa shape index (κ3) is 23.9. The first kappa shape index (κ1) is 80.5. The summed E-state index contributed by atoms with van der Waals surface area (Å²) in [7, 11) is 9.83. The minimum atomic E-state index is -1.82. The first-order valence-corrected chi connectivity index (χ1v) is 30.8. The van der Waals surface area contributed by atoms with E-state index in [1.807, 2.05) is 55.4 Å². The van der Waals surface area contributed by atoms with E-state index in [1.165, 1.54) is 92.6 Å². The van der Waals surface area contributed by atoms with Crippen molar-refractivity contribution >= 4 is 70.8 Å². The quantitative estimate of drug-likeness (QED) is 0.0442. The number of nitrogens with zero attached hydrogens (tertiary/aromatic N) is 7. The Balaban J connectivity index is 6.73. The number of carbonyl (C=O) groups is 12. The predicted molar refractivity (Wildman–Crippen MR) is 336 cm³/mol. The van der Waals surface area contributed by atoms with E-state index < -0.39 is 149 Å². The molecule has 6 N–H and O–H groups in total. The van der Waals surface area contributed by atoms with E-state index in [4.69, 9.17) is 5.73 Å². The Morgan fingerprint density at radius 2 is 0.874 bits per heavy atom. The Labute approximate surface area is 520 Å². The molecule has 0 fully saturated rings. The molecule has 0 aliphatic rings. The maximum Gasteiger partial charge on any atom is 0.334 e. The summed E-state index contributed by atoms with van der Waals surface area (Å²) in [6.07, 6.45) is 4.39. The van der Waals surface area contributed by atoms with Gasteiger partial charge in [-0.2, -0.15) is 0 Å². The average Bonchev–Trinajstić information content (AvgIpc) is 2.53. The fraction of sp³-hybridized carbons (Fsp3) is 0.778. The third-order valence-corrected chi connectivity index (χ3v) is 15.8. The molecule has 0 bridgehead atoms. The molecule has 11 atom stereocenters. The number of aliphatic carboxylic acids is 1. The van der Waals surface area contributed by atoms with E-state index in [0.29, 0.717) is 0 Å². The Kier molecular flexibility index (Phi) is 34.0. The normalized spacial score (nSPS) is 15.6. The van der Waals surface area contributed by atoms with Crippen LogP contribution in [-0.4, -0.2) is 227 Å². The number of carboxylic acids is 1. The van der Waals surface area contributed by atoms with Crippen molar-refractivity contribution in [1.82, 2.24) is 50.2 Å². The molecule has 0 radical (unpaired) electrons. The standard InChI is InChI=1S/C63H113N11O13/c1-26-27-28-41(16)53(76)52(63(86)87)74(25)62(85)51(40(14)15)73(24)59(82)47(32-37(8)9)72(23)58(81)46(31-36(6)7)71(22)57(80)43(18)66-54(77)42(17)65-55(78)45(30-35(4)5)70(21)61(84)50(39(12)13)67-56(79)44(29-34(2)3)69(20)48(75)33-68(19)60(83)49(64)38(10)11/h26-27,34-47,49-52H,28-33,64H2,1-25H3,(H,65,78)(H,66,77)(H,67,79)(H,86,87)/b27-26+/t41-,42+,43-,44+,45+,46+,47+,49+,50+,51+,52?/m1/s1/i60+2. The van der Waals surface area contributed by atoms with Crippen LogP contribution in [0, 0.1) is 47.3 Å². The average molecular weight is 1230 g/mol. The zero-order chi connectivity index (χ0) is 68.1. The highest BCUT2D eigenvalue weighted by Gasteiger charge is 2.45. The highest BCUT2D eigenvalue weighted by atomic mass is 16.4. The monoisotopic (exact) mass is 1230 g/mol. The maximum absolute atomic E-state index is 14.8. The van der Waals surface area contributed by atoms with E-state index in [-0.39, 0.29) is 68.2 Å². The number of nitrogens with two attached hydrogens (primary N) is 1. The number of amides is 10. The lowest BCUT2D eigenvalue weighted by Crippen LogP contribution is -2.61. The first-order valence-electron chi connectivity index (χ1n) is 30.8. The number of likely N-dealkylation sites (N-methyl/N-ethyl adjacent to an activating group) is 7.